The second-order valence-electron chi connectivity index (χ2n) is 4.99. The summed E-state index contributed by atoms with van der Waals surface area (Å²) in [5, 5.41) is 0. The molecule has 0 aromatic heterocycles. The maximum atomic E-state index is 12.9. The largest absolute Gasteiger partial charge is 0.402 e. The number of nitrogen functional groups attached to an aromatic ring is 1. The first kappa shape index (κ1) is 17.7. The molecule has 0 aliphatic carbocycles. The van der Waals surface area contributed by atoms with Crippen molar-refractivity contribution in [2.45, 2.75) is 24.9 Å². The summed E-state index contributed by atoms with van der Waals surface area (Å²) in [5.74, 6) is -1.08. The van der Waals surface area contributed by atoms with Crippen molar-refractivity contribution in [2.75, 3.05) is 18.8 Å². The van der Waals surface area contributed by atoms with Crippen LogP contribution in [0.2, 0.25) is 0 Å². The number of nitrogens with two attached hydrogens (primary N) is 1. The van der Waals surface area contributed by atoms with Crippen LogP contribution in [0.1, 0.15) is 13.8 Å². The normalized spacial score (nSPS) is 13.1. The van der Waals surface area contributed by atoms with E-state index in [-0.39, 0.29) is 12.5 Å². The van der Waals surface area contributed by atoms with Gasteiger partial charge in [0, 0.05) is 6.54 Å². The van der Waals surface area contributed by atoms with Gasteiger partial charge in [-0.2, -0.15) is 17.5 Å². The first-order chi connectivity index (χ1) is 9.43. The average molecular weight is 328 g/mol. The molecule has 2 N–H and O–H groups in total. The SMILES string of the molecule is CC(C)CN(CC(F)(F)F)S(=O)(=O)c1ccc(F)cc1N. The third kappa shape index (κ3) is 4.85. The lowest BCUT2D eigenvalue weighted by molar-refractivity contribution is -0.136. The van der Waals surface area contributed by atoms with Crippen molar-refractivity contribution in [3.63, 3.8) is 0 Å². The Kier molecular flexibility index (Phi) is 5.21. The molecule has 0 unspecified atom stereocenters. The first-order valence-electron chi connectivity index (χ1n) is 6.05. The smallest absolute Gasteiger partial charge is 0.398 e. The van der Waals surface area contributed by atoms with Crippen LogP contribution in [0, 0.1) is 11.7 Å². The predicted octanol–water partition coefficient (Wildman–Crippen LogP) is 2.62. The summed E-state index contributed by atoms with van der Waals surface area (Å²) < 4.78 is 75.6. The molecular weight excluding hydrogens is 312 g/mol. The van der Waals surface area contributed by atoms with E-state index < -0.39 is 39.1 Å². The highest BCUT2D eigenvalue weighted by atomic mass is 32.2. The van der Waals surface area contributed by atoms with E-state index in [9.17, 15) is 26.0 Å². The van der Waals surface area contributed by atoms with Gasteiger partial charge in [0.1, 0.15) is 17.3 Å². The molecule has 0 fully saturated rings. The topological polar surface area (TPSA) is 63.4 Å². The second kappa shape index (κ2) is 6.18. The number of nitrogens with zero attached hydrogens (tertiary/aromatic N) is 1. The molecule has 0 heterocycles. The van der Waals surface area contributed by atoms with E-state index in [0.29, 0.717) is 4.31 Å². The maximum Gasteiger partial charge on any atom is 0.402 e. The molecule has 1 rings (SSSR count). The van der Waals surface area contributed by atoms with Gasteiger partial charge in [-0.25, -0.2) is 12.8 Å². The van der Waals surface area contributed by atoms with Crippen LogP contribution in [-0.2, 0) is 10.0 Å². The van der Waals surface area contributed by atoms with Gasteiger partial charge in [-0.3, -0.25) is 0 Å². The lowest BCUT2D eigenvalue weighted by Crippen LogP contribution is -2.41. The summed E-state index contributed by atoms with van der Waals surface area (Å²) in [6.07, 6.45) is -4.68. The monoisotopic (exact) mass is 328 g/mol. The minimum Gasteiger partial charge on any atom is -0.398 e. The number of benzene rings is 1. The Labute approximate surface area is 120 Å². The maximum absolute atomic E-state index is 12.9. The summed E-state index contributed by atoms with van der Waals surface area (Å²) in [4.78, 5) is -0.534. The zero-order valence-corrected chi connectivity index (χ0v) is 12.3. The molecule has 120 valence electrons. The fourth-order valence-electron chi connectivity index (χ4n) is 1.75. The van der Waals surface area contributed by atoms with Crippen LogP contribution in [0.15, 0.2) is 23.1 Å². The van der Waals surface area contributed by atoms with Gasteiger partial charge in [0.2, 0.25) is 10.0 Å². The third-order valence-electron chi connectivity index (χ3n) is 2.51. The highest BCUT2D eigenvalue weighted by molar-refractivity contribution is 7.89. The summed E-state index contributed by atoms with van der Waals surface area (Å²) in [5.41, 5.74) is 4.99. The van der Waals surface area contributed by atoms with Crippen LogP contribution in [0.3, 0.4) is 0 Å². The fourth-order valence-corrected chi connectivity index (χ4v) is 3.43. The Bertz CT molecular complexity index is 600. The zero-order chi connectivity index (χ0) is 16.4. The molecule has 0 saturated heterocycles. The van der Waals surface area contributed by atoms with Crippen LogP contribution in [0.4, 0.5) is 23.2 Å². The molecule has 4 nitrogen and oxygen atoms in total. The summed E-state index contributed by atoms with van der Waals surface area (Å²) in [6, 6.07) is 2.46. The van der Waals surface area contributed by atoms with E-state index in [1.165, 1.54) is 0 Å². The average Bonchev–Trinajstić information content (AvgIpc) is 2.24. The van der Waals surface area contributed by atoms with Crippen molar-refractivity contribution < 1.29 is 26.0 Å². The molecule has 21 heavy (non-hydrogen) atoms. The lowest BCUT2D eigenvalue weighted by atomic mass is 10.2. The number of halogens is 4. The molecule has 0 radical (unpaired) electrons. The number of hydrogen-bond acceptors (Lipinski definition) is 3. The highest BCUT2D eigenvalue weighted by Crippen LogP contribution is 2.27. The summed E-state index contributed by atoms with van der Waals surface area (Å²) in [6.45, 7) is 1.24. The molecule has 1 aromatic carbocycles. The van der Waals surface area contributed by atoms with Crippen molar-refractivity contribution in [2.24, 2.45) is 5.92 Å². The molecule has 1 aromatic rings. The first-order valence-corrected chi connectivity index (χ1v) is 7.49. The number of hydrogen-bond donors (Lipinski definition) is 1. The van der Waals surface area contributed by atoms with Gasteiger partial charge in [-0.15, -0.1) is 0 Å². The van der Waals surface area contributed by atoms with Gasteiger partial charge >= 0.3 is 6.18 Å². The number of anilines is 1. The highest BCUT2D eigenvalue weighted by Gasteiger charge is 2.37. The van der Waals surface area contributed by atoms with Crippen LogP contribution in [-0.4, -0.2) is 32.0 Å². The zero-order valence-electron chi connectivity index (χ0n) is 11.5. The number of sulfonamides is 1. The molecule has 9 heteroatoms. The van der Waals surface area contributed by atoms with E-state index in [2.05, 4.69) is 0 Å². The van der Waals surface area contributed by atoms with Gasteiger partial charge in [0.25, 0.3) is 0 Å². The Morgan fingerprint density at radius 3 is 2.29 bits per heavy atom. The molecular formula is C12H16F4N2O2S. The minimum absolute atomic E-state index is 0.307. The Morgan fingerprint density at radius 1 is 1.29 bits per heavy atom. The van der Waals surface area contributed by atoms with Gasteiger partial charge in [-0.05, 0) is 24.1 Å². The predicted molar refractivity (Wildman–Crippen MR) is 70.5 cm³/mol. The van der Waals surface area contributed by atoms with Crippen LogP contribution >= 0.6 is 0 Å². The molecule has 0 saturated carbocycles. The van der Waals surface area contributed by atoms with Crippen LogP contribution in [0.25, 0.3) is 0 Å². The summed E-state index contributed by atoms with van der Waals surface area (Å²) in [7, 11) is -4.46. The summed E-state index contributed by atoms with van der Waals surface area (Å²) >= 11 is 0. The number of rotatable bonds is 5. The molecule has 0 aliphatic rings. The second-order valence-corrected chi connectivity index (χ2v) is 6.90. The van der Waals surface area contributed by atoms with E-state index in [4.69, 9.17) is 5.73 Å². The van der Waals surface area contributed by atoms with Crippen molar-refractivity contribution in [1.82, 2.24) is 4.31 Å². The molecule has 0 spiro atoms. The van der Waals surface area contributed by atoms with E-state index in [1.54, 1.807) is 13.8 Å². The quantitative estimate of drug-likeness (QED) is 0.667. The van der Waals surface area contributed by atoms with E-state index in [1.807, 2.05) is 0 Å². The van der Waals surface area contributed by atoms with Crippen LogP contribution in [0.5, 0.6) is 0 Å². The molecule has 0 amide bonds. The van der Waals surface area contributed by atoms with Crippen molar-refractivity contribution in [3.05, 3.63) is 24.0 Å². The van der Waals surface area contributed by atoms with Crippen molar-refractivity contribution >= 4 is 15.7 Å². The lowest BCUT2D eigenvalue weighted by Gasteiger charge is -2.25. The fraction of sp³-hybridized carbons (Fsp3) is 0.500. The standard InChI is InChI=1S/C12H16F4N2O2S/c1-8(2)6-18(7-12(14,15)16)21(19,20)11-4-3-9(13)5-10(11)17/h3-5,8H,6-7,17H2,1-2H3. The van der Waals surface area contributed by atoms with Gasteiger partial charge in [-0.1, -0.05) is 13.8 Å². The Hall–Kier alpha value is -1.35. The molecule has 0 atom stereocenters. The van der Waals surface area contributed by atoms with Crippen LogP contribution < -0.4 is 5.73 Å². The molecule has 0 aliphatic heterocycles. The van der Waals surface area contributed by atoms with Gasteiger partial charge < -0.3 is 5.73 Å². The third-order valence-corrected chi connectivity index (χ3v) is 4.40. The Morgan fingerprint density at radius 2 is 1.86 bits per heavy atom. The van der Waals surface area contributed by atoms with Crippen molar-refractivity contribution in [3.8, 4) is 0 Å². The minimum atomic E-state index is -4.68. The van der Waals surface area contributed by atoms with Gasteiger partial charge in [0.05, 0.1) is 5.69 Å². The number of alkyl halides is 3. The Balaban J connectivity index is 3.26. The van der Waals surface area contributed by atoms with Crippen molar-refractivity contribution in [1.29, 1.82) is 0 Å². The molecule has 0 bridgehead atoms. The van der Waals surface area contributed by atoms with E-state index >= 15 is 0 Å². The van der Waals surface area contributed by atoms with Gasteiger partial charge in [0.15, 0.2) is 0 Å². The van der Waals surface area contributed by atoms with E-state index in [0.717, 1.165) is 18.2 Å².